The van der Waals surface area contributed by atoms with E-state index in [1.807, 2.05) is 13.2 Å². The molecule has 0 aliphatic rings. The molecule has 11 nitrogen and oxygen atoms in total. The van der Waals surface area contributed by atoms with Crippen molar-refractivity contribution < 1.29 is 29.1 Å². The first-order valence-corrected chi connectivity index (χ1v) is 11.8. The summed E-state index contributed by atoms with van der Waals surface area (Å²) in [5.74, 6) is -3.89. The Labute approximate surface area is 191 Å². The molecule has 0 heterocycles. The van der Waals surface area contributed by atoms with Gasteiger partial charge in [0.25, 0.3) is 0 Å². The van der Waals surface area contributed by atoms with Gasteiger partial charge >= 0.3 is 5.97 Å². The third-order valence-corrected chi connectivity index (χ3v) is 5.60. The van der Waals surface area contributed by atoms with Crippen molar-refractivity contribution in [1.29, 1.82) is 0 Å². The first kappa shape index (κ1) is 29.0. The summed E-state index contributed by atoms with van der Waals surface area (Å²) in [6.45, 7) is 3.54. The van der Waals surface area contributed by atoms with Gasteiger partial charge in [-0.1, -0.05) is 20.3 Å². The Bertz CT molecular complexity index is 651. The van der Waals surface area contributed by atoms with Crippen LogP contribution in [0, 0.1) is 5.92 Å². The molecule has 0 aliphatic heterocycles. The zero-order valence-corrected chi connectivity index (χ0v) is 19.6. The van der Waals surface area contributed by atoms with Crippen LogP contribution in [0.1, 0.15) is 33.1 Å². The highest BCUT2D eigenvalue weighted by Crippen LogP contribution is 2.10. The van der Waals surface area contributed by atoms with Crippen LogP contribution in [-0.4, -0.2) is 76.6 Å². The molecule has 0 saturated carbocycles. The Morgan fingerprint density at radius 3 is 2.06 bits per heavy atom. The summed E-state index contributed by atoms with van der Waals surface area (Å²) in [7, 11) is 0. The summed E-state index contributed by atoms with van der Waals surface area (Å²) in [5, 5.41) is 16.7. The number of carbonyl (C=O) groups excluding carboxylic acids is 4. The fourth-order valence-corrected chi connectivity index (χ4v) is 3.22. The molecule has 0 aromatic rings. The Kier molecular flexibility index (Phi) is 14.0. The third kappa shape index (κ3) is 10.7. The highest BCUT2D eigenvalue weighted by Gasteiger charge is 2.32. The van der Waals surface area contributed by atoms with Gasteiger partial charge in [-0.05, 0) is 24.3 Å². The second-order valence-corrected chi connectivity index (χ2v) is 8.42. The van der Waals surface area contributed by atoms with Crippen LogP contribution in [-0.2, 0) is 24.0 Å². The Hall–Kier alpha value is -1.99. The first-order valence-electron chi connectivity index (χ1n) is 9.75. The molecule has 0 aromatic heterocycles. The number of amides is 4. The largest absolute Gasteiger partial charge is 0.480 e. The topological polar surface area (TPSA) is 194 Å². The van der Waals surface area contributed by atoms with E-state index < -0.39 is 53.8 Å². The van der Waals surface area contributed by atoms with Crippen molar-refractivity contribution in [3.05, 3.63) is 0 Å². The number of thioether (sulfide) groups is 1. The molecular weight excluding hydrogens is 446 g/mol. The standard InChI is InChI=1S/C18H33N5O6S2/c1-4-9(2)14(23-15(25)10(19)7-13(20)24)17(27)22-12(8-30)16(26)21-11(18(28)29)5-6-31-3/h9-12,14,30H,4-8,19H2,1-3H3,(H2,20,24)(H,21,26)(H,22,27)(H,23,25)(H,28,29). The minimum atomic E-state index is -1.21. The van der Waals surface area contributed by atoms with Gasteiger partial charge in [-0.15, -0.1) is 0 Å². The van der Waals surface area contributed by atoms with Crippen LogP contribution in [0.15, 0.2) is 0 Å². The molecular formula is C18H33N5O6S2. The summed E-state index contributed by atoms with van der Waals surface area (Å²) in [6.07, 6.45) is 2.18. The molecule has 0 rings (SSSR count). The molecule has 0 aromatic carbocycles. The average molecular weight is 480 g/mol. The second-order valence-electron chi connectivity index (χ2n) is 7.07. The Morgan fingerprint density at radius 1 is 1.03 bits per heavy atom. The van der Waals surface area contributed by atoms with Crippen molar-refractivity contribution in [2.45, 2.75) is 57.3 Å². The van der Waals surface area contributed by atoms with Crippen LogP contribution in [0.4, 0.5) is 0 Å². The molecule has 5 unspecified atom stereocenters. The van der Waals surface area contributed by atoms with E-state index in [9.17, 15) is 29.1 Å². The Morgan fingerprint density at radius 2 is 1.61 bits per heavy atom. The average Bonchev–Trinajstić information content (AvgIpc) is 2.71. The van der Waals surface area contributed by atoms with Crippen molar-refractivity contribution in [2.75, 3.05) is 17.8 Å². The summed E-state index contributed by atoms with van der Waals surface area (Å²) in [6, 6.07) is -4.46. The highest BCUT2D eigenvalue weighted by atomic mass is 32.2. The van der Waals surface area contributed by atoms with Gasteiger partial charge in [-0.25, -0.2) is 4.79 Å². The molecule has 4 amide bonds. The SMILES string of the molecule is CCC(C)C(NC(=O)C(N)CC(N)=O)C(=O)NC(CS)C(=O)NC(CCSC)C(=O)O. The van der Waals surface area contributed by atoms with Crippen molar-refractivity contribution in [1.82, 2.24) is 16.0 Å². The fraction of sp³-hybridized carbons (Fsp3) is 0.722. The lowest BCUT2D eigenvalue weighted by Gasteiger charge is -2.27. The van der Waals surface area contributed by atoms with Crippen molar-refractivity contribution in [3.8, 4) is 0 Å². The monoisotopic (exact) mass is 479 g/mol. The van der Waals surface area contributed by atoms with Crippen LogP contribution in [0.2, 0.25) is 0 Å². The first-order chi connectivity index (χ1) is 14.5. The zero-order chi connectivity index (χ0) is 24.1. The van der Waals surface area contributed by atoms with Gasteiger partial charge in [0.15, 0.2) is 0 Å². The zero-order valence-electron chi connectivity index (χ0n) is 17.9. The number of primary amides is 1. The van der Waals surface area contributed by atoms with E-state index in [4.69, 9.17) is 11.5 Å². The predicted molar refractivity (Wildman–Crippen MR) is 122 cm³/mol. The minimum absolute atomic E-state index is 0.0885. The third-order valence-electron chi connectivity index (χ3n) is 4.59. The molecule has 178 valence electrons. The molecule has 0 fully saturated rings. The van der Waals surface area contributed by atoms with E-state index in [-0.39, 0.29) is 24.5 Å². The molecule has 0 bridgehead atoms. The number of hydrogen-bond donors (Lipinski definition) is 7. The Balaban J connectivity index is 5.26. The van der Waals surface area contributed by atoms with Crippen molar-refractivity contribution >= 4 is 54.0 Å². The minimum Gasteiger partial charge on any atom is -0.480 e. The summed E-state index contributed by atoms with van der Waals surface area (Å²) in [5.41, 5.74) is 10.7. The lowest BCUT2D eigenvalue weighted by molar-refractivity contribution is -0.142. The molecule has 31 heavy (non-hydrogen) atoms. The van der Waals surface area contributed by atoms with Gasteiger partial charge in [0, 0.05) is 5.75 Å². The fourth-order valence-electron chi connectivity index (χ4n) is 2.49. The quantitative estimate of drug-likeness (QED) is 0.137. The maximum absolute atomic E-state index is 12.8. The maximum atomic E-state index is 12.8. The van der Waals surface area contributed by atoms with E-state index in [0.29, 0.717) is 12.2 Å². The van der Waals surface area contributed by atoms with Gasteiger partial charge in [0.2, 0.25) is 23.6 Å². The van der Waals surface area contributed by atoms with Crippen LogP contribution in [0.3, 0.4) is 0 Å². The molecule has 0 aliphatic carbocycles. The number of carboxylic acids is 1. The van der Waals surface area contributed by atoms with E-state index in [2.05, 4.69) is 28.6 Å². The van der Waals surface area contributed by atoms with E-state index in [1.165, 1.54) is 11.8 Å². The van der Waals surface area contributed by atoms with E-state index >= 15 is 0 Å². The normalized spacial score (nSPS) is 15.6. The van der Waals surface area contributed by atoms with E-state index in [1.54, 1.807) is 6.92 Å². The van der Waals surface area contributed by atoms with Crippen molar-refractivity contribution in [2.24, 2.45) is 17.4 Å². The van der Waals surface area contributed by atoms with Gasteiger partial charge in [0.05, 0.1) is 12.5 Å². The summed E-state index contributed by atoms with van der Waals surface area (Å²) >= 11 is 5.51. The maximum Gasteiger partial charge on any atom is 0.326 e. The van der Waals surface area contributed by atoms with Gasteiger partial charge in [-0.2, -0.15) is 24.4 Å². The molecule has 0 saturated heterocycles. The molecule has 13 heteroatoms. The lowest BCUT2D eigenvalue weighted by atomic mass is 9.97. The highest BCUT2D eigenvalue weighted by molar-refractivity contribution is 7.98. The molecule has 0 radical (unpaired) electrons. The van der Waals surface area contributed by atoms with Crippen LogP contribution in [0.5, 0.6) is 0 Å². The summed E-state index contributed by atoms with van der Waals surface area (Å²) in [4.78, 5) is 59.9. The number of thiol groups is 1. The summed E-state index contributed by atoms with van der Waals surface area (Å²) < 4.78 is 0. The second kappa shape index (κ2) is 14.9. The van der Waals surface area contributed by atoms with Gasteiger partial charge in [-0.3, -0.25) is 19.2 Å². The van der Waals surface area contributed by atoms with Gasteiger partial charge in [0.1, 0.15) is 18.1 Å². The molecule has 8 N–H and O–H groups in total. The predicted octanol–water partition coefficient (Wildman–Crippen LogP) is -1.54. The van der Waals surface area contributed by atoms with Crippen LogP contribution in [0.25, 0.3) is 0 Å². The number of rotatable bonds is 15. The van der Waals surface area contributed by atoms with Crippen LogP contribution >= 0.6 is 24.4 Å². The number of nitrogens with one attached hydrogen (secondary N) is 3. The number of hydrogen-bond acceptors (Lipinski definition) is 8. The van der Waals surface area contributed by atoms with E-state index in [0.717, 1.165) is 0 Å². The van der Waals surface area contributed by atoms with Gasteiger partial charge < -0.3 is 32.5 Å². The lowest BCUT2D eigenvalue weighted by Crippen LogP contribution is -2.59. The number of aliphatic carboxylic acids is 1. The van der Waals surface area contributed by atoms with Crippen LogP contribution < -0.4 is 27.4 Å². The number of carbonyl (C=O) groups is 5. The molecule has 0 spiro atoms. The van der Waals surface area contributed by atoms with Crippen molar-refractivity contribution in [3.63, 3.8) is 0 Å². The molecule has 5 atom stereocenters. The smallest absolute Gasteiger partial charge is 0.326 e. The number of carboxylic acid groups (broad SMARTS) is 1. The number of nitrogens with two attached hydrogens (primary N) is 2.